The molecule has 142 valence electrons. The van der Waals surface area contributed by atoms with Gasteiger partial charge < -0.3 is 14.4 Å². The first-order chi connectivity index (χ1) is 12.5. The van der Waals surface area contributed by atoms with Crippen LogP contribution in [0.15, 0.2) is 30.9 Å². The molecule has 0 bridgehead atoms. The van der Waals surface area contributed by atoms with E-state index in [1.165, 1.54) is 23.1 Å². The van der Waals surface area contributed by atoms with Gasteiger partial charge in [0, 0.05) is 25.3 Å². The van der Waals surface area contributed by atoms with Gasteiger partial charge in [0.15, 0.2) is 0 Å². The van der Waals surface area contributed by atoms with Gasteiger partial charge in [-0.05, 0) is 25.8 Å². The van der Waals surface area contributed by atoms with E-state index in [9.17, 15) is 19.7 Å². The highest BCUT2D eigenvalue weighted by atomic mass is 16.6. The Morgan fingerprint density at radius 1 is 1.35 bits per heavy atom. The van der Waals surface area contributed by atoms with E-state index < -0.39 is 16.8 Å². The third kappa shape index (κ3) is 5.96. The summed E-state index contributed by atoms with van der Waals surface area (Å²) < 4.78 is 10.3. The van der Waals surface area contributed by atoms with Crippen LogP contribution >= 0.6 is 0 Å². The molecule has 0 aliphatic carbocycles. The van der Waals surface area contributed by atoms with Gasteiger partial charge in [0.25, 0.3) is 11.6 Å². The highest BCUT2D eigenvalue weighted by Crippen LogP contribution is 2.27. The molecular formula is C18H24N2O6. The Kier molecular flexibility index (Phi) is 9.00. The van der Waals surface area contributed by atoms with Crippen molar-refractivity contribution in [2.45, 2.75) is 26.7 Å². The number of hydrogen-bond acceptors (Lipinski definition) is 6. The zero-order valence-electron chi connectivity index (χ0n) is 15.1. The number of carbonyl (C=O) groups is 2. The number of nitro benzene ring substituents is 1. The highest BCUT2D eigenvalue weighted by molar-refractivity contribution is 6.03. The average molecular weight is 364 g/mol. The molecule has 1 aromatic carbocycles. The maximum absolute atomic E-state index is 12.6. The van der Waals surface area contributed by atoms with Crippen LogP contribution in [-0.4, -0.2) is 43.2 Å². The molecule has 0 saturated carbocycles. The van der Waals surface area contributed by atoms with Crippen molar-refractivity contribution >= 4 is 23.3 Å². The third-order valence-electron chi connectivity index (χ3n) is 3.41. The first-order valence-corrected chi connectivity index (χ1v) is 8.40. The van der Waals surface area contributed by atoms with Crippen molar-refractivity contribution in [2.75, 3.05) is 31.3 Å². The number of nitro groups is 1. The lowest BCUT2D eigenvalue weighted by Gasteiger charge is -2.24. The zero-order chi connectivity index (χ0) is 19.5. The summed E-state index contributed by atoms with van der Waals surface area (Å²) in [5.41, 5.74) is -0.00567. The second-order valence-corrected chi connectivity index (χ2v) is 5.35. The van der Waals surface area contributed by atoms with Crippen molar-refractivity contribution in [1.82, 2.24) is 0 Å². The van der Waals surface area contributed by atoms with Gasteiger partial charge in [-0.2, -0.15) is 0 Å². The molecule has 1 rings (SSSR count). The highest BCUT2D eigenvalue weighted by Gasteiger charge is 2.25. The molecule has 0 aromatic heterocycles. The summed E-state index contributed by atoms with van der Waals surface area (Å²) in [5.74, 6) is -1.05. The summed E-state index contributed by atoms with van der Waals surface area (Å²) in [6.45, 7) is 7.79. The van der Waals surface area contributed by atoms with E-state index in [1.807, 2.05) is 6.92 Å². The molecule has 0 radical (unpaired) electrons. The van der Waals surface area contributed by atoms with Crippen LogP contribution in [-0.2, 0) is 14.3 Å². The third-order valence-corrected chi connectivity index (χ3v) is 3.41. The van der Waals surface area contributed by atoms with Gasteiger partial charge in [-0.3, -0.25) is 14.9 Å². The minimum absolute atomic E-state index is 0.0883. The largest absolute Gasteiger partial charge is 0.462 e. The van der Waals surface area contributed by atoms with Gasteiger partial charge >= 0.3 is 5.97 Å². The number of carbonyl (C=O) groups excluding carboxylic acids is 2. The number of esters is 1. The molecule has 1 amide bonds. The van der Waals surface area contributed by atoms with Gasteiger partial charge in [-0.15, -0.1) is 6.58 Å². The van der Waals surface area contributed by atoms with E-state index in [1.54, 1.807) is 13.0 Å². The molecule has 8 heteroatoms. The van der Waals surface area contributed by atoms with Crippen LogP contribution in [0.1, 0.15) is 37.0 Å². The Morgan fingerprint density at radius 2 is 2.08 bits per heavy atom. The molecular weight excluding hydrogens is 340 g/mol. The van der Waals surface area contributed by atoms with Crippen molar-refractivity contribution in [3.8, 4) is 0 Å². The second kappa shape index (κ2) is 11.0. The van der Waals surface area contributed by atoms with Crippen molar-refractivity contribution in [3.63, 3.8) is 0 Å². The molecule has 0 aliphatic heterocycles. The maximum Gasteiger partial charge on any atom is 0.340 e. The molecule has 1 aromatic rings. The van der Waals surface area contributed by atoms with Crippen LogP contribution in [0.5, 0.6) is 0 Å². The van der Waals surface area contributed by atoms with E-state index >= 15 is 0 Å². The molecule has 8 nitrogen and oxygen atoms in total. The van der Waals surface area contributed by atoms with Gasteiger partial charge in [0.2, 0.25) is 0 Å². The van der Waals surface area contributed by atoms with Gasteiger partial charge in [-0.1, -0.05) is 13.0 Å². The Labute approximate surface area is 152 Å². The van der Waals surface area contributed by atoms with Crippen molar-refractivity contribution in [1.29, 1.82) is 0 Å². The average Bonchev–Trinajstić information content (AvgIpc) is 2.62. The number of non-ortho nitro benzene ring substituents is 1. The molecule has 0 fully saturated rings. The fraction of sp³-hybridized carbons (Fsp3) is 0.444. The van der Waals surface area contributed by atoms with Crippen molar-refractivity contribution in [3.05, 3.63) is 46.5 Å². The number of amides is 1. The van der Waals surface area contributed by atoms with Crippen molar-refractivity contribution < 1.29 is 24.0 Å². The predicted octanol–water partition coefficient (Wildman–Crippen LogP) is 3.11. The quantitative estimate of drug-likeness (QED) is 0.197. The number of ether oxygens (including phenoxy) is 2. The van der Waals surface area contributed by atoms with Crippen LogP contribution in [0.2, 0.25) is 0 Å². The van der Waals surface area contributed by atoms with Crippen LogP contribution in [0.4, 0.5) is 11.4 Å². The van der Waals surface area contributed by atoms with E-state index in [0.29, 0.717) is 13.0 Å². The van der Waals surface area contributed by atoms with Crippen LogP contribution in [0, 0.1) is 10.1 Å². The topological polar surface area (TPSA) is 99.0 Å². The van der Waals surface area contributed by atoms with E-state index in [0.717, 1.165) is 6.42 Å². The molecule has 0 saturated heterocycles. The minimum atomic E-state index is -0.650. The Morgan fingerprint density at radius 3 is 2.65 bits per heavy atom. The fourth-order valence-corrected chi connectivity index (χ4v) is 2.22. The zero-order valence-corrected chi connectivity index (χ0v) is 15.1. The fourth-order valence-electron chi connectivity index (χ4n) is 2.22. The number of nitrogens with zero attached hydrogens (tertiary/aromatic N) is 2. The lowest BCUT2D eigenvalue weighted by molar-refractivity contribution is -0.384. The number of anilines is 1. The van der Waals surface area contributed by atoms with Gasteiger partial charge in [0.05, 0.1) is 22.8 Å². The number of benzene rings is 1. The Balaban J connectivity index is 3.31. The summed E-state index contributed by atoms with van der Waals surface area (Å²) in [6.07, 6.45) is 2.82. The number of hydrogen-bond donors (Lipinski definition) is 0. The summed E-state index contributed by atoms with van der Waals surface area (Å²) in [6, 6.07) is 3.71. The van der Waals surface area contributed by atoms with Crippen LogP contribution in [0.3, 0.4) is 0 Å². The normalized spacial score (nSPS) is 10.2. The van der Waals surface area contributed by atoms with E-state index in [4.69, 9.17) is 9.47 Å². The van der Waals surface area contributed by atoms with Gasteiger partial charge in [0.1, 0.15) is 6.61 Å². The standard InChI is InChI=1S/C18H24N2O6/c1-4-7-10-19(17(21)13-25-11-5-2)16-12-14(20(23)24)8-9-15(16)18(22)26-6-3/h4,8-9,12H,1,5-7,10-11,13H2,2-3H3. The lowest BCUT2D eigenvalue weighted by Crippen LogP contribution is -2.36. The number of rotatable bonds is 11. The monoisotopic (exact) mass is 364 g/mol. The summed E-state index contributed by atoms with van der Waals surface area (Å²) in [7, 11) is 0. The summed E-state index contributed by atoms with van der Waals surface area (Å²) in [5, 5.41) is 11.1. The first-order valence-electron chi connectivity index (χ1n) is 8.40. The Hall–Kier alpha value is -2.74. The van der Waals surface area contributed by atoms with Gasteiger partial charge in [-0.25, -0.2) is 4.79 Å². The molecule has 0 N–H and O–H groups in total. The SMILES string of the molecule is C=CCCN(C(=O)COCCC)c1cc([N+](=O)[O-])ccc1C(=O)OCC. The molecule has 0 atom stereocenters. The lowest BCUT2D eigenvalue weighted by atomic mass is 10.1. The van der Waals surface area contributed by atoms with Crippen LogP contribution in [0.25, 0.3) is 0 Å². The predicted molar refractivity (Wildman–Crippen MR) is 97.3 cm³/mol. The van der Waals surface area contributed by atoms with E-state index in [-0.39, 0.29) is 36.7 Å². The van der Waals surface area contributed by atoms with Crippen LogP contribution < -0.4 is 4.90 Å². The first kappa shape index (κ1) is 21.3. The molecule has 0 aliphatic rings. The minimum Gasteiger partial charge on any atom is -0.462 e. The maximum atomic E-state index is 12.6. The molecule has 0 spiro atoms. The molecule has 0 unspecified atom stereocenters. The second-order valence-electron chi connectivity index (χ2n) is 5.35. The summed E-state index contributed by atoms with van der Waals surface area (Å²) in [4.78, 5) is 36.7. The molecule has 26 heavy (non-hydrogen) atoms. The van der Waals surface area contributed by atoms with E-state index in [2.05, 4.69) is 6.58 Å². The Bertz CT molecular complexity index is 659. The summed E-state index contributed by atoms with van der Waals surface area (Å²) >= 11 is 0. The molecule has 0 heterocycles. The van der Waals surface area contributed by atoms with Crippen molar-refractivity contribution in [2.24, 2.45) is 0 Å². The smallest absolute Gasteiger partial charge is 0.340 e.